The van der Waals surface area contributed by atoms with Gasteiger partial charge in [-0.1, -0.05) is 60.1 Å². The number of furan rings is 1. The summed E-state index contributed by atoms with van der Waals surface area (Å²) in [4.78, 5) is 0. The lowest BCUT2D eigenvalue weighted by Gasteiger charge is -2.08. The van der Waals surface area contributed by atoms with Gasteiger partial charge in [0, 0.05) is 10.8 Å². The fraction of sp³-hybridized carbons (Fsp3) is 0.0526. The molecule has 0 atom stereocenters. The lowest BCUT2D eigenvalue weighted by molar-refractivity contribution is 0.669. The van der Waals surface area contributed by atoms with Crippen LogP contribution in [0, 0.1) is 6.92 Å². The fourth-order valence-electron chi connectivity index (χ4n) is 2.86. The molecule has 4 rings (SSSR count). The molecular weight excluding hydrogens is 280 g/mol. The molecular formula is C19H13ClO. The fourth-order valence-corrected chi connectivity index (χ4v) is 3.15. The van der Waals surface area contributed by atoms with E-state index in [2.05, 4.69) is 31.2 Å². The van der Waals surface area contributed by atoms with E-state index in [1.165, 1.54) is 0 Å². The van der Waals surface area contributed by atoms with Gasteiger partial charge < -0.3 is 4.42 Å². The zero-order valence-electron chi connectivity index (χ0n) is 11.6. The lowest BCUT2D eigenvalue weighted by Crippen LogP contribution is -1.85. The molecule has 1 aromatic heterocycles. The van der Waals surface area contributed by atoms with Crippen LogP contribution >= 0.6 is 11.6 Å². The maximum Gasteiger partial charge on any atom is 0.137 e. The van der Waals surface area contributed by atoms with Crippen LogP contribution in [0.5, 0.6) is 0 Å². The van der Waals surface area contributed by atoms with Crippen molar-refractivity contribution >= 4 is 33.5 Å². The maximum absolute atomic E-state index is 6.64. The molecule has 2 heteroatoms. The molecule has 0 saturated heterocycles. The van der Waals surface area contributed by atoms with Crippen molar-refractivity contribution in [3.63, 3.8) is 0 Å². The molecule has 4 aromatic rings. The molecule has 0 saturated carbocycles. The van der Waals surface area contributed by atoms with E-state index >= 15 is 0 Å². The Labute approximate surface area is 127 Å². The number of rotatable bonds is 1. The van der Waals surface area contributed by atoms with E-state index in [1.807, 2.05) is 36.4 Å². The molecule has 102 valence electrons. The van der Waals surface area contributed by atoms with E-state index in [0.29, 0.717) is 0 Å². The van der Waals surface area contributed by atoms with Crippen molar-refractivity contribution in [2.24, 2.45) is 0 Å². The minimum absolute atomic E-state index is 0.774. The monoisotopic (exact) mass is 292 g/mol. The van der Waals surface area contributed by atoms with Gasteiger partial charge >= 0.3 is 0 Å². The molecule has 21 heavy (non-hydrogen) atoms. The third-order valence-corrected chi connectivity index (χ3v) is 4.41. The second-order valence-electron chi connectivity index (χ2n) is 5.20. The van der Waals surface area contributed by atoms with Crippen LogP contribution in [0.15, 0.2) is 65.1 Å². The summed E-state index contributed by atoms with van der Waals surface area (Å²) in [6.45, 7) is 2.06. The summed E-state index contributed by atoms with van der Waals surface area (Å²) in [5, 5.41) is 2.85. The van der Waals surface area contributed by atoms with Gasteiger partial charge in [0.05, 0.1) is 5.02 Å². The Balaban J connectivity index is 2.12. The summed E-state index contributed by atoms with van der Waals surface area (Å²) in [5.41, 5.74) is 5.07. The van der Waals surface area contributed by atoms with Gasteiger partial charge in [0.25, 0.3) is 0 Å². The Bertz CT molecular complexity index is 952. The molecule has 0 aliphatic heterocycles. The van der Waals surface area contributed by atoms with Crippen LogP contribution in [-0.2, 0) is 0 Å². The van der Waals surface area contributed by atoms with E-state index in [-0.39, 0.29) is 0 Å². The van der Waals surface area contributed by atoms with E-state index in [0.717, 1.165) is 43.7 Å². The highest BCUT2D eigenvalue weighted by atomic mass is 35.5. The second-order valence-corrected chi connectivity index (χ2v) is 5.58. The number of benzene rings is 3. The van der Waals surface area contributed by atoms with Crippen LogP contribution in [0.2, 0.25) is 5.02 Å². The van der Waals surface area contributed by atoms with Crippen LogP contribution in [0.3, 0.4) is 0 Å². The predicted octanol–water partition coefficient (Wildman–Crippen LogP) is 6.21. The van der Waals surface area contributed by atoms with Gasteiger partial charge in [-0.15, -0.1) is 0 Å². The molecule has 0 unspecified atom stereocenters. The topological polar surface area (TPSA) is 13.1 Å². The molecule has 1 heterocycles. The van der Waals surface area contributed by atoms with Crippen molar-refractivity contribution in [1.29, 1.82) is 0 Å². The quantitative estimate of drug-likeness (QED) is 0.406. The van der Waals surface area contributed by atoms with E-state index in [1.54, 1.807) is 0 Å². The van der Waals surface area contributed by atoms with Crippen LogP contribution in [0.25, 0.3) is 33.1 Å². The highest BCUT2D eigenvalue weighted by Gasteiger charge is 2.15. The highest BCUT2D eigenvalue weighted by molar-refractivity contribution is 6.39. The first-order valence-electron chi connectivity index (χ1n) is 6.91. The van der Waals surface area contributed by atoms with Gasteiger partial charge in [0.1, 0.15) is 11.2 Å². The molecule has 0 aliphatic carbocycles. The zero-order chi connectivity index (χ0) is 14.4. The normalized spacial score (nSPS) is 11.3. The van der Waals surface area contributed by atoms with Gasteiger partial charge in [0.15, 0.2) is 0 Å². The molecule has 0 radical (unpaired) electrons. The number of halogens is 1. The SMILES string of the molecule is Cc1c(-c2ccccc2)cc2oc3ccccc3c2c1Cl. The summed E-state index contributed by atoms with van der Waals surface area (Å²) in [5.74, 6) is 0. The summed E-state index contributed by atoms with van der Waals surface area (Å²) in [6, 6.07) is 20.4. The average molecular weight is 293 g/mol. The summed E-state index contributed by atoms with van der Waals surface area (Å²) < 4.78 is 5.97. The highest BCUT2D eigenvalue weighted by Crippen LogP contribution is 2.40. The molecule has 0 amide bonds. The minimum atomic E-state index is 0.774. The van der Waals surface area contributed by atoms with Gasteiger partial charge in [-0.05, 0) is 35.7 Å². The molecule has 0 N–H and O–H groups in total. The Morgan fingerprint density at radius 3 is 2.38 bits per heavy atom. The number of hydrogen-bond acceptors (Lipinski definition) is 1. The lowest BCUT2D eigenvalue weighted by atomic mass is 9.98. The van der Waals surface area contributed by atoms with Crippen molar-refractivity contribution in [3.8, 4) is 11.1 Å². The molecule has 3 aromatic carbocycles. The largest absolute Gasteiger partial charge is 0.456 e. The summed E-state index contributed by atoms with van der Waals surface area (Å²) >= 11 is 6.64. The smallest absolute Gasteiger partial charge is 0.137 e. The van der Waals surface area contributed by atoms with Crippen LogP contribution in [0.4, 0.5) is 0 Å². The van der Waals surface area contributed by atoms with Crippen LogP contribution < -0.4 is 0 Å². The second kappa shape index (κ2) is 4.64. The summed E-state index contributed by atoms with van der Waals surface area (Å²) in [6.07, 6.45) is 0. The molecule has 0 aliphatic rings. The Morgan fingerprint density at radius 2 is 1.57 bits per heavy atom. The Morgan fingerprint density at radius 1 is 0.857 bits per heavy atom. The van der Waals surface area contributed by atoms with Crippen molar-refractivity contribution < 1.29 is 4.42 Å². The van der Waals surface area contributed by atoms with Gasteiger partial charge in [0.2, 0.25) is 0 Å². The van der Waals surface area contributed by atoms with E-state index < -0.39 is 0 Å². The standard InChI is InChI=1S/C19H13ClO/c1-12-15(13-7-3-2-4-8-13)11-17-18(19(12)20)14-9-5-6-10-16(14)21-17/h2-11H,1H3. The molecule has 1 nitrogen and oxygen atoms in total. The van der Waals surface area contributed by atoms with E-state index in [4.69, 9.17) is 16.0 Å². The average Bonchev–Trinajstić information content (AvgIpc) is 2.90. The van der Waals surface area contributed by atoms with Gasteiger partial charge in [-0.25, -0.2) is 0 Å². The number of hydrogen-bond donors (Lipinski definition) is 0. The zero-order valence-corrected chi connectivity index (χ0v) is 12.3. The third kappa shape index (κ3) is 1.85. The maximum atomic E-state index is 6.64. The van der Waals surface area contributed by atoms with Crippen LogP contribution in [-0.4, -0.2) is 0 Å². The van der Waals surface area contributed by atoms with Crippen molar-refractivity contribution in [2.45, 2.75) is 6.92 Å². The first-order valence-corrected chi connectivity index (χ1v) is 7.29. The first kappa shape index (κ1) is 12.5. The first-order chi connectivity index (χ1) is 10.3. The van der Waals surface area contributed by atoms with Crippen molar-refractivity contribution in [2.75, 3.05) is 0 Å². The van der Waals surface area contributed by atoms with Crippen molar-refractivity contribution in [1.82, 2.24) is 0 Å². The minimum Gasteiger partial charge on any atom is -0.456 e. The molecule has 0 fully saturated rings. The molecule has 0 spiro atoms. The van der Waals surface area contributed by atoms with Crippen molar-refractivity contribution in [3.05, 3.63) is 71.2 Å². The van der Waals surface area contributed by atoms with Gasteiger partial charge in [-0.2, -0.15) is 0 Å². The Hall–Kier alpha value is -2.25. The third-order valence-electron chi connectivity index (χ3n) is 3.94. The predicted molar refractivity (Wildman–Crippen MR) is 88.9 cm³/mol. The van der Waals surface area contributed by atoms with Gasteiger partial charge in [-0.3, -0.25) is 0 Å². The number of para-hydroxylation sites is 1. The van der Waals surface area contributed by atoms with Crippen LogP contribution in [0.1, 0.15) is 5.56 Å². The molecule has 0 bridgehead atoms. The summed E-state index contributed by atoms with van der Waals surface area (Å²) in [7, 11) is 0. The Kier molecular flexibility index (Phi) is 2.76. The van der Waals surface area contributed by atoms with E-state index in [9.17, 15) is 0 Å². The number of fused-ring (bicyclic) bond motifs is 3.